The fourth-order valence-corrected chi connectivity index (χ4v) is 1.84. The van der Waals surface area contributed by atoms with E-state index >= 15 is 0 Å². The first-order valence-corrected chi connectivity index (χ1v) is 7.04. The van der Waals surface area contributed by atoms with Crippen LogP contribution in [0.5, 0.6) is 0 Å². The molecular formula is C14H25ClN4O3. The van der Waals surface area contributed by atoms with E-state index < -0.39 is 6.04 Å². The van der Waals surface area contributed by atoms with E-state index in [4.69, 9.17) is 10.3 Å². The van der Waals surface area contributed by atoms with E-state index in [9.17, 15) is 9.59 Å². The van der Waals surface area contributed by atoms with Gasteiger partial charge in [-0.3, -0.25) is 9.59 Å². The Bertz CT molecular complexity index is 483. The van der Waals surface area contributed by atoms with Gasteiger partial charge in [-0.15, -0.1) is 12.4 Å². The summed E-state index contributed by atoms with van der Waals surface area (Å²) in [6, 6.07) is -0.597. The highest BCUT2D eigenvalue weighted by atomic mass is 35.5. The lowest BCUT2D eigenvalue weighted by molar-refractivity contribution is -0.127. The summed E-state index contributed by atoms with van der Waals surface area (Å²) in [6.45, 7) is 7.81. The molecule has 1 rings (SSSR count). The predicted molar refractivity (Wildman–Crippen MR) is 85.8 cm³/mol. The molecule has 1 aromatic rings. The van der Waals surface area contributed by atoms with E-state index in [2.05, 4.69) is 15.8 Å². The lowest BCUT2D eigenvalue weighted by Crippen LogP contribution is -2.47. The topological polar surface area (TPSA) is 110 Å². The summed E-state index contributed by atoms with van der Waals surface area (Å²) in [5.74, 6) is 0.238. The molecular weight excluding hydrogens is 308 g/mol. The molecule has 4 N–H and O–H groups in total. The summed E-state index contributed by atoms with van der Waals surface area (Å²) >= 11 is 0. The van der Waals surface area contributed by atoms with Crippen molar-refractivity contribution in [3.05, 3.63) is 17.0 Å². The molecule has 22 heavy (non-hydrogen) atoms. The SMILES string of the molecule is Cc1noc(C)c1CCNC(=O)CNC(=O)[C@@H](N)C(C)C.Cl. The summed E-state index contributed by atoms with van der Waals surface area (Å²) in [4.78, 5) is 23.2. The highest BCUT2D eigenvalue weighted by molar-refractivity contribution is 5.87. The first-order valence-electron chi connectivity index (χ1n) is 7.04. The van der Waals surface area contributed by atoms with Crippen molar-refractivity contribution >= 4 is 24.2 Å². The van der Waals surface area contributed by atoms with E-state index in [0.717, 1.165) is 17.0 Å². The van der Waals surface area contributed by atoms with Crippen LogP contribution in [0.4, 0.5) is 0 Å². The summed E-state index contributed by atoms with van der Waals surface area (Å²) in [7, 11) is 0. The highest BCUT2D eigenvalue weighted by Crippen LogP contribution is 2.11. The lowest BCUT2D eigenvalue weighted by atomic mass is 10.1. The molecule has 0 aliphatic rings. The predicted octanol–water partition coefficient (Wildman–Crippen LogP) is 0.471. The summed E-state index contributed by atoms with van der Waals surface area (Å²) in [5.41, 5.74) is 7.52. The van der Waals surface area contributed by atoms with Gasteiger partial charge in [-0.05, 0) is 26.2 Å². The van der Waals surface area contributed by atoms with Crippen molar-refractivity contribution in [2.75, 3.05) is 13.1 Å². The number of nitrogens with zero attached hydrogens (tertiary/aromatic N) is 1. The summed E-state index contributed by atoms with van der Waals surface area (Å²) in [6.07, 6.45) is 0.645. The van der Waals surface area contributed by atoms with Gasteiger partial charge < -0.3 is 20.9 Å². The van der Waals surface area contributed by atoms with Gasteiger partial charge in [0, 0.05) is 12.1 Å². The minimum absolute atomic E-state index is 0. The molecule has 0 spiro atoms. The molecule has 0 aromatic carbocycles. The quantitative estimate of drug-likeness (QED) is 0.672. The van der Waals surface area contributed by atoms with Gasteiger partial charge in [0.25, 0.3) is 0 Å². The normalized spacial score (nSPS) is 11.7. The van der Waals surface area contributed by atoms with Gasteiger partial charge >= 0.3 is 0 Å². The Morgan fingerprint density at radius 1 is 1.27 bits per heavy atom. The van der Waals surface area contributed by atoms with Crippen LogP contribution >= 0.6 is 12.4 Å². The molecule has 0 saturated carbocycles. The molecule has 0 bridgehead atoms. The van der Waals surface area contributed by atoms with Gasteiger partial charge in [0.2, 0.25) is 11.8 Å². The second kappa shape index (κ2) is 9.42. The van der Waals surface area contributed by atoms with Crippen LogP contribution in [0, 0.1) is 19.8 Å². The third-order valence-corrected chi connectivity index (χ3v) is 3.32. The number of aromatic nitrogens is 1. The van der Waals surface area contributed by atoms with Crippen molar-refractivity contribution < 1.29 is 14.1 Å². The minimum atomic E-state index is -0.597. The number of rotatable bonds is 7. The monoisotopic (exact) mass is 332 g/mol. The van der Waals surface area contributed by atoms with Gasteiger partial charge in [0.1, 0.15) is 5.76 Å². The third-order valence-electron chi connectivity index (χ3n) is 3.32. The molecule has 0 unspecified atom stereocenters. The maximum Gasteiger partial charge on any atom is 0.239 e. The fourth-order valence-electron chi connectivity index (χ4n) is 1.84. The largest absolute Gasteiger partial charge is 0.361 e. The lowest BCUT2D eigenvalue weighted by Gasteiger charge is -2.15. The van der Waals surface area contributed by atoms with Crippen LogP contribution in [0.1, 0.15) is 30.9 Å². The minimum Gasteiger partial charge on any atom is -0.361 e. The highest BCUT2D eigenvalue weighted by Gasteiger charge is 2.17. The number of carbonyl (C=O) groups is 2. The van der Waals surface area contributed by atoms with Crippen molar-refractivity contribution in [3.8, 4) is 0 Å². The van der Waals surface area contributed by atoms with Gasteiger partial charge in [0.15, 0.2) is 0 Å². The number of nitrogens with two attached hydrogens (primary N) is 1. The Morgan fingerprint density at radius 3 is 2.41 bits per heavy atom. The van der Waals surface area contributed by atoms with Crippen molar-refractivity contribution in [2.45, 2.75) is 40.2 Å². The Morgan fingerprint density at radius 2 is 1.91 bits per heavy atom. The number of amides is 2. The number of hydrogen-bond acceptors (Lipinski definition) is 5. The Kier molecular flexibility index (Phi) is 8.74. The van der Waals surface area contributed by atoms with Gasteiger partial charge in [0.05, 0.1) is 18.3 Å². The molecule has 0 saturated heterocycles. The summed E-state index contributed by atoms with van der Waals surface area (Å²) in [5, 5.41) is 9.11. The average molecular weight is 333 g/mol. The Labute approximate surface area is 136 Å². The maximum atomic E-state index is 11.6. The van der Waals surface area contributed by atoms with E-state index in [1.165, 1.54) is 0 Å². The first kappa shape index (κ1) is 20.4. The van der Waals surface area contributed by atoms with Crippen molar-refractivity contribution in [2.24, 2.45) is 11.7 Å². The number of nitrogens with one attached hydrogen (secondary N) is 2. The smallest absolute Gasteiger partial charge is 0.239 e. The van der Waals surface area contributed by atoms with Gasteiger partial charge in [-0.25, -0.2) is 0 Å². The molecule has 0 radical (unpaired) electrons. The molecule has 1 heterocycles. The van der Waals surface area contributed by atoms with Crippen LogP contribution in [-0.4, -0.2) is 36.1 Å². The van der Waals surface area contributed by atoms with E-state index in [-0.39, 0.29) is 36.7 Å². The van der Waals surface area contributed by atoms with Crippen molar-refractivity contribution in [1.82, 2.24) is 15.8 Å². The second-order valence-corrected chi connectivity index (χ2v) is 5.39. The molecule has 0 fully saturated rings. The zero-order valence-corrected chi connectivity index (χ0v) is 14.3. The van der Waals surface area contributed by atoms with E-state index in [0.29, 0.717) is 13.0 Å². The zero-order valence-electron chi connectivity index (χ0n) is 13.4. The molecule has 7 nitrogen and oxygen atoms in total. The van der Waals surface area contributed by atoms with Crippen LogP contribution in [0.25, 0.3) is 0 Å². The third kappa shape index (κ3) is 6.03. The zero-order chi connectivity index (χ0) is 16.0. The average Bonchev–Trinajstić information content (AvgIpc) is 2.75. The Balaban J connectivity index is 0.00000441. The molecule has 2 amide bonds. The second-order valence-electron chi connectivity index (χ2n) is 5.39. The Hall–Kier alpha value is -1.60. The molecule has 0 aliphatic heterocycles. The van der Waals surface area contributed by atoms with Gasteiger partial charge in [-0.2, -0.15) is 0 Å². The molecule has 1 atom stereocenters. The molecule has 8 heteroatoms. The number of halogens is 1. The fraction of sp³-hybridized carbons (Fsp3) is 0.643. The van der Waals surface area contributed by atoms with Crippen LogP contribution in [-0.2, 0) is 16.0 Å². The molecule has 1 aromatic heterocycles. The number of carbonyl (C=O) groups excluding carboxylic acids is 2. The summed E-state index contributed by atoms with van der Waals surface area (Å²) < 4.78 is 5.05. The van der Waals surface area contributed by atoms with Crippen LogP contribution < -0.4 is 16.4 Å². The molecule has 0 aliphatic carbocycles. The van der Waals surface area contributed by atoms with Crippen LogP contribution in [0.15, 0.2) is 4.52 Å². The molecule has 126 valence electrons. The number of aryl methyl sites for hydroxylation is 2. The van der Waals surface area contributed by atoms with Crippen molar-refractivity contribution in [1.29, 1.82) is 0 Å². The number of hydrogen-bond donors (Lipinski definition) is 3. The standard InChI is InChI=1S/C14H24N4O3.ClH/c1-8(2)13(15)14(20)17-7-12(19)16-6-5-11-9(3)18-21-10(11)4;/h8,13H,5-7,15H2,1-4H3,(H,16,19)(H,17,20);1H/t13-;/m0./s1. The van der Waals surface area contributed by atoms with Crippen LogP contribution in [0.2, 0.25) is 0 Å². The van der Waals surface area contributed by atoms with Crippen molar-refractivity contribution in [3.63, 3.8) is 0 Å². The van der Waals surface area contributed by atoms with Crippen LogP contribution in [0.3, 0.4) is 0 Å². The van der Waals surface area contributed by atoms with E-state index in [1.807, 2.05) is 27.7 Å². The first-order chi connectivity index (χ1) is 9.82. The maximum absolute atomic E-state index is 11.6. The van der Waals surface area contributed by atoms with Gasteiger partial charge in [-0.1, -0.05) is 19.0 Å². The van der Waals surface area contributed by atoms with E-state index in [1.54, 1.807) is 0 Å².